The maximum Gasteiger partial charge on any atom is 0.0645 e. The minimum atomic E-state index is -0.982. The minimum Gasteiger partial charge on any atom is -0.0927 e. The molecule has 58 heavy (non-hydrogen) atoms. The Hall–Kier alpha value is -0.266. The normalized spacial score (nSPS) is 20.6. The molecule has 6 rings (SSSR count). The van der Waals surface area contributed by atoms with Crippen LogP contribution in [0.15, 0.2) is 24.3 Å². The van der Waals surface area contributed by atoms with Gasteiger partial charge in [-0.1, -0.05) is 199 Å². The lowest BCUT2D eigenvalue weighted by atomic mass is 9.89. The van der Waals surface area contributed by atoms with E-state index in [0.717, 1.165) is 22.6 Å². The average Bonchev–Trinajstić information content (AvgIpc) is 3.22. The standard InChI is InChI=1S/C54H90P2Si2/c1-37(2)43-33-49(39(5)6)53(50(34-43)40(7)8)57(55(45-25-17-13-18-26-45)46-27-19-14-20-28-46)58(56(47-29-21-15-22-30-47)48-31-23-16-24-32-48)54-51(41(9)10)35-44(38(3)4)36-52(54)42(11)12/h33-42,45-48H,13-32H2,1-12H3/b58-57+. The van der Waals surface area contributed by atoms with E-state index in [0.29, 0.717) is 35.5 Å². The van der Waals surface area contributed by atoms with Gasteiger partial charge in [0.25, 0.3) is 0 Å². The highest BCUT2D eigenvalue weighted by Crippen LogP contribution is 2.62. The lowest BCUT2D eigenvalue weighted by Gasteiger charge is -2.47. The van der Waals surface area contributed by atoms with Crippen molar-refractivity contribution in [3.8, 4) is 0 Å². The summed E-state index contributed by atoms with van der Waals surface area (Å²) in [5, 5.41) is 4.15. The smallest absolute Gasteiger partial charge is 0.0645 e. The zero-order valence-electron chi connectivity index (χ0n) is 40.1. The Morgan fingerprint density at radius 3 is 0.707 bits per heavy atom. The first kappa shape index (κ1) is 47.2. The second-order valence-electron chi connectivity index (χ2n) is 21.8. The van der Waals surface area contributed by atoms with Crippen LogP contribution >= 0.6 is 14.9 Å². The van der Waals surface area contributed by atoms with Gasteiger partial charge in [0.05, 0.1) is 15.1 Å². The molecule has 2 aromatic rings. The molecule has 4 heteroatoms. The first-order valence-corrected chi connectivity index (χ1v) is 34.1. The van der Waals surface area contributed by atoms with E-state index >= 15 is 0 Å². The van der Waals surface area contributed by atoms with E-state index in [1.807, 2.05) is 22.3 Å². The van der Waals surface area contributed by atoms with E-state index in [9.17, 15) is 0 Å². The van der Waals surface area contributed by atoms with Gasteiger partial charge in [-0.2, -0.15) is 0 Å². The van der Waals surface area contributed by atoms with E-state index in [2.05, 4.69) is 118 Å². The fourth-order valence-corrected chi connectivity index (χ4v) is 56.7. The maximum absolute atomic E-state index is 2.84. The lowest BCUT2D eigenvalue weighted by molar-refractivity contribution is 0.488. The maximum atomic E-state index is 2.84. The van der Waals surface area contributed by atoms with Crippen LogP contribution in [0.3, 0.4) is 0 Å². The third-order valence-electron chi connectivity index (χ3n) is 15.4. The van der Waals surface area contributed by atoms with E-state index in [-0.39, 0.29) is 14.9 Å². The molecule has 0 heterocycles. The Balaban J connectivity index is 1.92. The van der Waals surface area contributed by atoms with Gasteiger partial charge in [-0.15, -0.1) is 0 Å². The van der Waals surface area contributed by atoms with Crippen LogP contribution in [0.25, 0.3) is 0 Å². The molecular formula is C54H90P2Si2. The molecule has 0 saturated heterocycles. The summed E-state index contributed by atoms with van der Waals surface area (Å²) in [4.78, 5) is 0. The second-order valence-corrected chi connectivity index (χ2v) is 40.0. The van der Waals surface area contributed by atoms with Crippen molar-refractivity contribution >= 4 is 40.4 Å². The summed E-state index contributed by atoms with van der Waals surface area (Å²) in [7, 11) is -2.17. The van der Waals surface area contributed by atoms with Gasteiger partial charge in [0.15, 0.2) is 0 Å². The highest BCUT2D eigenvalue weighted by atomic mass is 31.5. The van der Waals surface area contributed by atoms with Crippen LogP contribution in [0, 0.1) is 0 Å². The second kappa shape index (κ2) is 21.9. The zero-order chi connectivity index (χ0) is 41.7. The third-order valence-corrected chi connectivity index (χ3v) is 46.1. The Kier molecular flexibility index (Phi) is 17.8. The van der Waals surface area contributed by atoms with Crippen molar-refractivity contribution in [2.24, 2.45) is 0 Å². The van der Waals surface area contributed by atoms with Crippen LogP contribution < -0.4 is 10.4 Å². The van der Waals surface area contributed by atoms with Gasteiger partial charge < -0.3 is 0 Å². The van der Waals surface area contributed by atoms with Gasteiger partial charge >= 0.3 is 0 Å². The van der Waals surface area contributed by atoms with Crippen LogP contribution in [-0.2, 0) is 0 Å². The average molecular weight is 857 g/mol. The lowest BCUT2D eigenvalue weighted by Crippen LogP contribution is -2.48. The van der Waals surface area contributed by atoms with E-state index in [1.54, 1.807) is 62.5 Å². The van der Waals surface area contributed by atoms with Crippen LogP contribution in [-0.4, -0.2) is 37.8 Å². The largest absolute Gasteiger partial charge is 0.0927 e. The summed E-state index contributed by atoms with van der Waals surface area (Å²) >= 11 is 0. The first-order valence-electron chi connectivity index (χ1n) is 25.5. The van der Waals surface area contributed by atoms with Gasteiger partial charge in [0.2, 0.25) is 0 Å². The monoisotopic (exact) mass is 857 g/mol. The van der Waals surface area contributed by atoms with Crippen LogP contribution in [0.5, 0.6) is 0 Å². The van der Waals surface area contributed by atoms with Crippen LogP contribution in [0.4, 0.5) is 0 Å². The topological polar surface area (TPSA) is 0 Å². The molecule has 0 spiro atoms. The van der Waals surface area contributed by atoms with Gasteiger partial charge in [0, 0.05) is 0 Å². The van der Waals surface area contributed by atoms with Gasteiger partial charge in [-0.3, -0.25) is 0 Å². The minimum absolute atomic E-state index is 0.101. The Morgan fingerprint density at radius 1 is 0.328 bits per heavy atom. The summed E-state index contributed by atoms with van der Waals surface area (Å²) in [6.45, 7) is 30.8. The van der Waals surface area contributed by atoms with Crippen molar-refractivity contribution in [2.75, 3.05) is 0 Å². The van der Waals surface area contributed by atoms with E-state index in [1.165, 1.54) is 77.0 Å². The summed E-state index contributed by atoms with van der Waals surface area (Å²) in [6.07, 6.45) is 30.4. The van der Waals surface area contributed by atoms with Crippen molar-refractivity contribution in [1.82, 2.24) is 0 Å². The third kappa shape index (κ3) is 10.9. The number of hydrogen-bond donors (Lipinski definition) is 0. The van der Waals surface area contributed by atoms with Crippen LogP contribution in [0.2, 0.25) is 0 Å². The molecule has 0 nitrogen and oxygen atoms in total. The molecule has 0 aliphatic heterocycles. The fourth-order valence-electron chi connectivity index (χ4n) is 12.0. The summed E-state index contributed by atoms with van der Waals surface area (Å²) in [6, 6.07) is 11.4. The van der Waals surface area contributed by atoms with Crippen molar-refractivity contribution in [3.63, 3.8) is 0 Å². The number of rotatable bonds is 14. The molecule has 0 aromatic heterocycles. The van der Waals surface area contributed by atoms with Crippen molar-refractivity contribution < 1.29 is 0 Å². The Bertz CT molecular complexity index is 1430. The summed E-state index contributed by atoms with van der Waals surface area (Å²) in [5.41, 5.74) is 14.6. The van der Waals surface area contributed by atoms with Crippen molar-refractivity contribution in [3.05, 3.63) is 57.6 Å². The molecule has 0 radical (unpaired) electrons. The van der Waals surface area contributed by atoms with Crippen molar-refractivity contribution in [1.29, 1.82) is 0 Å². The molecule has 2 aromatic carbocycles. The van der Waals surface area contributed by atoms with Gasteiger partial charge in [-0.25, -0.2) is 0 Å². The molecule has 4 fully saturated rings. The predicted molar refractivity (Wildman–Crippen MR) is 270 cm³/mol. The number of benzene rings is 2. The van der Waals surface area contributed by atoms with E-state index < -0.39 is 15.1 Å². The molecule has 4 aliphatic rings. The van der Waals surface area contributed by atoms with E-state index in [4.69, 9.17) is 0 Å². The quantitative estimate of drug-likeness (QED) is 0.131. The summed E-state index contributed by atoms with van der Waals surface area (Å²) < 4.78 is 0. The molecular weight excluding hydrogens is 767 g/mol. The van der Waals surface area contributed by atoms with Gasteiger partial charge in [0.1, 0.15) is 0 Å². The first-order chi connectivity index (χ1) is 27.8. The predicted octanol–water partition coefficient (Wildman–Crippen LogP) is 16.9. The number of hydrogen-bond acceptors (Lipinski definition) is 0. The SMILES string of the molecule is CC(C)c1cc(C(C)C)c(/[Si](=[Si](/c2c(C(C)C)cc(C(C)C)cc2C(C)C)P(C2CCCCC2)C2CCCCC2)P(C2CCCCC2)C2CCCCC2)c(C(C)C)c1. The molecule has 0 N–H and O–H groups in total. The molecule has 0 amide bonds. The van der Waals surface area contributed by atoms with Crippen LogP contribution in [0.1, 0.15) is 280 Å². The summed E-state index contributed by atoms with van der Waals surface area (Å²) in [5.74, 6) is 3.48. The fraction of sp³-hybridized carbons (Fsp3) is 0.778. The Morgan fingerprint density at radius 2 is 0.534 bits per heavy atom. The molecule has 0 atom stereocenters. The zero-order valence-corrected chi connectivity index (χ0v) is 43.9. The molecule has 4 aliphatic carbocycles. The van der Waals surface area contributed by atoms with Gasteiger partial charge in [-0.05, 0) is 153 Å². The highest BCUT2D eigenvalue weighted by Gasteiger charge is 2.44. The molecule has 0 unspecified atom stereocenters. The van der Waals surface area contributed by atoms with Crippen molar-refractivity contribution in [2.45, 2.75) is 270 Å². The Labute approximate surface area is 365 Å². The highest BCUT2D eigenvalue weighted by molar-refractivity contribution is 8.08. The molecule has 4 saturated carbocycles. The molecule has 324 valence electrons. The molecule has 0 bridgehead atoms.